The number of carbonyl (C=O) groups is 2. The average molecular weight is 452 g/mol. The molecule has 0 aliphatic heterocycles. The van der Waals surface area contributed by atoms with Gasteiger partial charge in [0.1, 0.15) is 6.04 Å². The summed E-state index contributed by atoms with van der Waals surface area (Å²) in [5.74, 6) is 0.451. The fourth-order valence-corrected chi connectivity index (χ4v) is 3.66. The molecule has 180 valence electrons. The predicted octanol–water partition coefficient (Wildman–Crippen LogP) is 4.71. The molecule has 2 amide bonds. The minimum atomic E-state index is -0.579. The third-order valence-corrected chi connectivity index (χ3v) is 5.56. The first-order valence-corrected chi connectivity index (χ1v) is 12.3. The molecule has 0 spiro atoms. The van der Waals surface area contributed by atoms with Crippen LogP contribution in [0.4, 0.5) is 0 Å². The lowest BCUT2D eigenvalue weighted by molar-refractivity contribution is -0.129. The molecule has 0 fully saturated rings. The summed E-state index contributed by atoms with van der Waals surface area (Å²) in [5.41, 5.74) is 3.32. The molecule has 5 nitrogen and oxygen atoms in total. The fourth-order valence-electron chi connectivity index (χ4n) is 3.66. The van der Waals surface area contributed by atoms with Crippen molar-refractivity contribution in [3.05, 3.63) is 60.2 Å². The Morgan fingerprint density at radius 2 is 1.48 bits per heavy atom. The molecule has 0 radical (unpaired) electrons. The number of amides is 2. The maximum absolute atomic E-state index is 12.9. The molecule has 3 N–H and O–H groups in total. The zero-order valence-corrected chi connectivity index (χ0v) is 20.7. The summed E-state index contributed by atoms with van der Waals surface area (Å²) in [6.07, 6.45) is 4.03. The van der Waals surface area contributed by atoms with E-state index in [-0.39, 0.29) is 11.8 Å². The van der Waals surface area contributed by atoms with Crippen molar-refractivity contribution < 1.29 is 9.59 Å². The molecule has 5 heteroatoms. The van der Waals surface area contributed by atoms with E-state index in [0.29, 0.717) is 37.9 Å². The molecule has 0 saturated heterocycles. The lowest BCUT2D eigenvalue weighted by atomic mass is 10.00. The maximum Gasteiger partial charge on any atom is 0.242 e. The zero-order chi connectivity index (χ0) is 24.1. The van der Waals surface area contributed by atoms with Crippen molar-refractivity contribution in [2.45, 2.75) is 71.9 Å². The summed E-state index contributed by atoms with van der Waals surface area (Å²) in [6.45, 7) is 9.75. The van der Waals surface area contributed by atoms with Gasteiger partial charge < -0.3 is 16.0 Å². The van der Waals surface area contributed by atoms with Crippen LogP contribution in [0.2, 0.25) is 0 Å². The normalized spacial score (nSPS) is 12.1. The van der Waals surface area contributed by atoms with Crippen LogP contribution in [0.1, 0.15) is 58.9 Å². The summed E-state index contributed by atoms with van der Waals surface area (Å²) in [7, 11) is 0. The topological polar surface area (TPSA) is 70.2 Å². The smallest absolute Gasteiger partial charge is 0.242 e. The van der Waals surface area contributed by atoms with Gasteiger partial charge in [0, 0.05) is 32.0 Å². The summed E-state index contributed by atoms with van der Waals surface area (Å²) >= 11 is 0. The SMILES string of the molecule is CC(C)CCCCNC(=O)[C@@H](Cc1ccc(-c2ccccc2)cc1)NC(=O)CCNC(C)C. The molecule has 2 aromatic carbocycles. The lowest BCUT2D eigenvalue weighted by Crippen LogP contribution is -2.48. The third kappa shape index (κ3) is 10.7. The molecule has 33 heavy (non-hydrogen) atoms. The monoisotopic (exact) mass is 451 g/mol. The number of unbranched alkanes of at least 4 members (excludes halogenated alkanes) is 1. The molecular formula is C28H41N3O2. The van der Waals surface area contributed by atoms with Crippen molar-refractivity contribution in [3.8, 4) is 11.1 Å². The van der Waals surface area contributed by atoms with Crippen LogP contribution in [0.5, 0.6) is 0 Å². The number of hydrogen-bond donors (Lipinski definition) is 3. The van der Waals surface area contributed by atoms with Crippen LogP contribution >= 0.6 is 0 Å². The number of nitrogens with one attached hydrogen (secondary N) is 3. The Kier molecular flexibility index (Phi) is 11.7. The van der Waals surface area contributed by atoms with Gasteiger partial charge in [0.25, 0.3) is 0 Å². The number of hydrogen-bond acceptors (Lipinski definition) is 3. The fraction of sp³-hybridized carbons (Fsp3) is 0.500. The van der Waals surface area contributed by atoms with E-state index >= 15 is 0 Å². The average Bonchev–Trinajstić information content (AvgIpc) is 2.79. The lowest BCUT2D eigenvalue weighted by Gasteiger charge is -2.19. The summed E-state index contributed by atoms with van der Waals surface area (Å²) < 4.78 is 0. The molecule has 0 aliphatic carbocycles. The van der Waals surface area contributed by atoms with Crippen molar-refractivity contribution >= 4 is 11.8 Å². The highest BCUT2D eigenvalue weighted by Gasteiger charge is 2.21. The van der Waals surface area contributed by atoms with E-state index in [2.05, 4.69) is 54.1 Å². The minimum Gasteiger partial charge on any atom is -0.354 e. The molecule has 0 aliphatic rings. The molecule has 0 saturated carbocycles. The molecular weight excluding hydrogens is 410 g/mol. The van der Waals surface area contributed by atoms with Crippen molar-refractivity contribution in [1.29, 1.82) is 0 Å². The first kappa shape index (κ1) is 26.6. The number of carbonyl (C=O) groups excluding carboxylic acids is 2. The molecule has 2 aromatic rings. The van der Waals surface area contributed by atoms with Crippen molar-refractivity contribution in [2.75, 3.05) is 13.1 Å². The van der Waals surface area contributed by atoms with E-state index in [0.717, 1.165) is 36.0 Å². The van der Waals surface area contributed by atoms with Crippen LogP contribution < -0.4 is 16.0 Å². The quantitative estimate of drug-likeness (QED) is 0.364. The molecule has 0 unspecified atom stereocenters. The van der Waals surface area contributed by atoms with Crippen LogP contribution in [0.15, 0.2) is 54.6 Å². The van der Waals surface area contributed by atoms with E-state index in [1.165, 1.54) is 0 Å². The van der Waals surface area contributed by atoms with Gasteiger partial charge in [-0.05, 0) is 29.0 Å². The van der Waals surface area contributed by atoms with Crippen LogP contribution in [-0.2, 0) is 16.0 Å². The highest BCUT2D eigenvalue weighted by Crippen LogP contribution is 2.19. The van der Waals surface area contributed by atoms with E-state index < -0.39 is 6.04 Å². The first-order valence-electron chi connectivity index (χ1n) is 12.3. The second-order valence-corrected chi connectivity index (χ2v) is 9.43. The Balaban J connectivity index is 1.98. The van der Waals surface area contributed by atoms with Crippen molar-refractivity contribution in [2.24, 2.45) is 5.92 Å². The molecule has 1 atom stereocenters. The van der Waals surface area contributed by atoms with Gasteiger partial charge in [-0.1, -0.05) is 95.1 Å². The first-order chi connectivity index (χ1) is 15.8. The highest BCUT2D eigenvalue weighted by molar-refractivity contribution is 5.88. The second-order valence-electron chi connectivity index (χ2n) is 9.43. The molecule has 0 heterocycles. The van der Waals surface area contributed by atoms with Gasteiger partial charge in [-0.25, -0.2) is 0 Å². The van der Waals surface area contributed by atoms with Crippen LogP contribution in [0, 0.1) is 5.92 Å². The van der Waals surface area contributed by atoms with E-state index in [1.54, 1.807) is 0 Å². The summed E-state index contributed by atoms with van der Waals surface area (Å²) in [6, 6.07) is 18.2. The van der Waals surface area contributed by atoms with Crippen LogP contribution in [0.25, 0.3) is 11.1 Å². The zero-order valence-electron chi connectivity index (χ0n) is 20.7. The van der Waals surface area contributed by atoms with Gasteiger partial charge in [-0.3, -0.25) is 9.59 Å². The van der Waals surface area contributed by atoms with Gasteiger partial charge in [-0.15, -0.1) is 0 Å². The second kappa shape index (κ2) is 14.5. The van der Waals surface area contributed by atoms with Crippen molar-refractivity contribution in [1.82, 2.24) is 16.0 Å². The Morgan fingerprint density at radius 3 is 2.12 bits per heavy atom. The maximum atomic E-state index is 12.9. The molecule has 2 rings (SSSR count). The van der Waals surface area contributed by atoms with E-state index in [4.69, 9.17) is 0 Å². The Hall–Kier alpha value is -2.66. The minimum absolute atomic E-state index is 0.107. The van der Waals surface area contributed by atoms with Crippen LogP contribution in [0.3, 0.4) is 0 Å². The van der Waals surface area contributed by atoms with Crippen LogP contribution in [-0.4, -0.2) is 37.0 Å². The van der Waals surface area contributed by atoms with Gasteiger partial charge in [-0.2, -0.15) is 0 Å². The van der Waals surface area contributed by atoms with Crippen molar-refractivity contribution in [3.63, 3.8) is 0 Å². The Labute approximate surface area is 199 Å². The number of benzene rings is 2. The summed E-state index contributed by atoms with van der Waals surface area (Å²) in [5, 5.41) is 9.22. The Morgan fingerprint density at radius 1 is 0.818 bits per heavy atom. The summed E-state index contributed by atoms with van der Waals surface area (Å²) in [4.78, 5) is 25.4. The van der Waals surface area contributed by atoms with E-state index in [9.17, 15) is 9.59 Å². The van der Waals surface area contributed by atoms with Gasteiger partial charge >= 0.3 is 0 Å². The van der Waals surface area contributed by atoms with Gasteiger partial charge in [0.2, 0.25) is 11.8 Å². The van der Waals surface area contributed by atoms with Gasteiger partial charge in [0.05, 0.1) is 0 Å². The highest BCUT2D eigenvalue weighted by atomic mass is 16.2. The predicted molar refractivity (Wildman–Crippen MR) is 137 cm³/mol. The number of rotatable bonds is 14. The standard InChI is InChI=1S/C28H41N3O2/c1-21(2)10-8-9-18-30-28(33)26(31-27(32)17-19-29-22(3)4)20-23-13-15-25(16-14-23)24-11-6-5-7-12-24/h5-7,11-16,21-22,26,29H,8-10,17-20H2,1-4H3,(H,30,33)(H,31,32)/t26-/m1/s1. The molecule has 0 aromatic heterocycles. The molecule has 0 bridgehead atoms. The largest absolute Gasteiger partial charge is 0.354 e. The third-order valence-electron chi connectivity index (χ3n) is 5.56. The van der Waals surface area contributed by atoms with Gasteiger partial charge in [0.15, 0.2) is 0 Å². The Bertz CT molecular complexity index is 832. The van der Waals surface area contributed by atoms with E-state index in [1.807, 2.05) is 44.2 Å².